The minimum atomic E-state index is 0.286. The summed E-state index contributed by atoms with van der Waals surface area (Å²) in [7, 11) is 0. The monoisotopic (exact) mass is 236 g/mol. The standard InChI is InChI=1S/C15H12N2O/c1-10-16-8-14(9-17-10)12-2-3-13-7-15(18)5-4-11(13)6-12/h2-9,18H,1H3. The third kappa shape index (κ3) is 1.91. The van der Waals surface area contributed by atoms with Crippen molar-refractivity contribution < 1.29 is 5.11 Å². The van der Waals surface area contributed by atoms with Crippen LogP contribution in [0.1, 0.15) is 5.82 Å². The van der Waals surface area contributed by atoms with Crippen LogP contribution in [-0.4, -0.2) is 15.1 Å². The molecule has 3 nitrogen and oxygen atoms in total. The van der Waals surface area contributed by atoms with E-state index in [-0.39, 0.29) is 5.75 Å². The van der Waals surface area contributed by atoms with Crippen molar-refractivity contribution in [1.29, 1.82) is 0 Å². The molecule has 2 aromatic carbocycles. The molecule has 0 saturated heterocycles. The normalized spacial score (nSPS) is 10.7. The summed E-state index contributed by atoms with van der Waals surface area (Å²) in [5, 5.41) is 11.5. The lowest BCUT2D eigenvalue weighted by Gasteiger charge is -2.04. The molecule has 3 heteroatoms. The van der Waals surface area contributed by atoms with Gasteiger partial charge in [0, 0.05) is 18.0 Å². The Morgan fingerprint density at radius 1 is 0.833 bits per heavy atom. The highest BCUT2D eigenvalue weighted by Crippen LogP contribution is 2.25. The first-order chi connectivity index (χ1) is 8.72. The van der Waals surface area contributed by atoms with Crippen molar-refractivity contribution in [3.8, 4) is 16.9 Å². The molecule has 3 rings (SSSR count). The van der Waals surface area contributed by atoms with E-state index in [1.807, 2.05) is 37.5 Å². The molecule has 1 N–H and O–H groups in total. The number of benzene rings is 2. The summed E-state index contributed by atoms with van der Waals surface area (Å²) in [4.78, 5) is 8.40. The van der Waals surface area contributed by atoms with Gasteiger partial charge in [-0.25, -0.2) is 9.97 Å². The minimum Gasteiger partial charge on any atom is -0.508 e. The van der Waals surface area contributed by atoms with Crippen LogP contribution in [0.3, 0.4) is 0 Å². The van der Waals surface area contributed by atoms with E-state index in [0.29, 0.717) is 0 Å². The van der Waals surface area contributed by atoms with Gasteiger partial charge in [-0.15, -0.1) is 0 Å². The Balaban J connectivity index is 2.13. The van der Waals surface area contributed by atoms with Gasteiger partial charge in [0.05, 0.1) is 0 Å². The van der Waals surface area contributed by atoms with Crippen LogP contribution in [0.4, 0.5) is 0 Å². The van der Waals surface area contributed by atoms with Gasteiger partial charge in [0.25, 0.3) is 0 Å². The fourth-order valence-corrected chi connectivity index (χ4v) is 1.95. The van der Waals surface area contributed by atoms with Crippen LogP contribution in [0, 0.1) is 6.92 Å². The molecule has 0 aliphatic carbocycles. The fraction of sp³-hybridized carbons (Fsp3) is 0.0667. The Kier molecular flexibility index (Phi) is 2.45. The van der Waals surface area contributed by atoms with Crippen molar-refractivity contribution in [2.45, 2.75) is 6.92 Å². The largest absolute Gasteiger partial charge is 0.508 e. The SMILES string of the molecule is Cc1ncc(-c2ccc3cc(O)ccc3c2)cn1. The molecule has 0 aliphatic rings. The number of aromatic hydroxyl groups is 1. The van der Waals surface area contributed by atoms with E-state index in [0.717, 1.165) is 27.7 Å². The lowest BCUT2D eigenvalue weighted by molar-refractivity contribution is 0.476. The Bertz CT molecular complexity index is 705. The predicted molar refractivity (Wildman–Crippen MR) is 71.4 cm³/mol. The van der Waals surface area contributed by atoms with E-state index >= 15 is 0 Å². The molecule has 0 atom stereocenters. The van der Waals surface area contributed by atoms with Gasteiger partial charge in [0.2, 0.25) is 0 Å². The van der Waals surface area contributed by atoms with Gasteiger partial charge in [-0.3, -0.25) is 0 Å². The van der Waals surface area contributed by atoms with Crippen molar-refractivity contribution in [3.05, 3.63) is 54.6 Å². The number of aromatic nitrogens is 2. The van der Waals surface area contributed by atoms with Crippen molar-refractivity contribution in [2.75, 3.05) is 0 Å². The number of fused-ring (bicyclic) bond motifs is 1. The summed E-state index contributed by atoms with van der Waals surface area (Å²) >= 11 is 0. The third-order valence-electron chi connectivity index (χ3n) is 2.94. The van der Waals surface area contributed by atoms with Crippen molar-refractivity contribution in [1.82, 2.24) is 9.97 Å². The Morgan fingerprint density at radius 3 is 2.28 bits per heavy atom. The minimum absolute atomic E-state index is 0.286. The first kappa shape index (κ1) is 10.7. The summed E-state index contributed by atoms with van der Waals surface area (Å²) in [5.41, 5.74) is 2.07. The molecule has 0 unspecified atom stereocenters. The molecule has 0 saturated carbocycles. The van der Waals surface area contributed by atoms with Gasteiger partial charge < -0.3 is 5.11 Å². The highest BCUT2D eigenvalue weighted by Gasteiger charge is 2.01. The molecule has 3 aromatic rings. The molecule has 0 aliphatic heterocycles. The fourth-order valence-electron chi connectivity index (χ4n) is 1.95. The maximum absolute atomic E-state index is 9.43. The van der Waals surface area contributed by atoms with Crippen LogP contribution in [-0.2, 0) is 0 Å². The molecule has 0 amide bonds. The second-order valence-corrected chi connectivity index (χ2v) is 4.27. The second kappa shape index (κ2) is 4.11. The maximum Gasteiger partial charge on any atom is 0.125 e. The zero-order valence-corrected chi connectivity index (χ0v) is 9.96. The third-order valence-corrected chi connectivity index (χ3v) is 2.94. The van der Waals surface area contributed by atoms with Gasteiger partial charge in [0.1, 0.15) is 11.6 Å². The topological polar surface area (TPSA) is 46.0 Å². The number of hydrogen-bond acceptors (Lipinski definition) is 3. The summed E-state index contributed by atoms with van der Waals surface area (Å²) in [5.74, 6) is 1.05. The Morgan fingerprint density at radius 2 is 1.50 bits per heavy atom. The van der Waals surface area contributed by atoms with Crippen LogP contribution < -0.4 is 0 Å². The first-order valence-corrected chi connectivity index (χ1v) is 5.74. The average Bonchev–Trinajstić information content (AvgIpc) is 2.39. The molecule has 0 radical (unpaired) electrons. The van der Waals surface area contributed by atoms with E-state index in [2.05, 4.69) is 16.0 Å². The van der Waals surface area contributed by atoms with Crippen LogP contribution in [0.15, 0.2) is 48.8 Å². The number of nitrogens with zero attached hydrogens (tertiary/aromatic N) is 2. The number of phenols is 1. The van der Waals surface area contributed by atoms with Gasteiger partial charge in [0.15, 0.2) is 0 Å². The van der Waals surface area contributed by atoms with Crippen LogP contribution >= 0.6 is 0 Å². The molecule has 1 heterocycles. The van der Waals surface area contributed by atoms with E-state index in [1.54, 1.807) is 12.1 Å². The number of aryl methyl sites for hydroxylation is 1. The van der Waals surface area contributed by atoms with Gasteiger partial charge in [-0.1, -0.05) is 18.2 Å². The Labute approximate surface area is 105 Å². The highest BCUT2D eigenvalue weighted by molar-refractivity contribution is 5.88. The van der Waals surface area contributed by atoms with Crippen molar-refractivity contribution in [3.63, 3.8) is 0 Å². The van der Waals surface area contributed by atoms with Gasteiger partial charge in [-0.2, -0.15) is 0 Å². The smallest absolute Gasteiger partial charge is 0.125 e. The summed E-state index contributed by atoms with van der Waals surface area (Å²) < 4.78 is 0. The van der Waals surface area contributed by atoms with Crippen molar-refractivity contribution >= 4 is 10.8 Å². The lowest BCUT2D eigenvalue weighted by atomic mass is 10.0. The van der Waals surface area contributed by atoms with Crippen LogP contribution in [0.5, 0.6) is 5.75 Å². The molecule has 0 spiro atoms. The summed E-state index contributed by atoms with van der Waals surface area (Å²) in [6.07, 6.45) is 3.65. The number of rotatable bonds is 1. The predicted octanol–water partition coefficient (Wildman–Crippen LogP) is 3.31. The molecular formula is C15H12N2O. The van der Waals surface area contributed by atoms with E-state index in [4.69, 9.17) is 0 Å². The maximum atomic E-state index is 9.43. The van der Waals surface area contributed by atoms with E-state index in [1.165, 1.54) is 0 Å². The Hall–Kier alpha value is -2.42. The lowest BCUT2D eigenvalue weighted by Crippen LogP contribution is -1.87. The second-order valence-electron chi connectivity index (χ2n) is 4.27. The van der Waals surface area contributed by atoms with Crippen LogP contribution in [0.2, 0.25) is 0 Å². The number of hydrogen-bond donors (Lipinski definition) is 1. The average molecular weight is 236 g/mol. The molecule has 1 aromatic heterocycles. The zero-order chi connectivity index (χ0) is 12.5. The van der Waals surface area contributed by atoms with Gasteiger partial charge in [-0.05, 0) is 41.5 Å². The number of phenolic OH excluding ortho intramolecular Hbond substituents is 1. The molecular weight excluding hydrogens is 224 g/mol. The van der Waals surface area contributed by atoms with Crippen LogP contribution in [0.25, 0.3) is 21.9 Å². The molecule has 18 heavy (non-hydrogen) atoms. The van der Waals surface area contributed by atoms with E-state index < -0.39 is 0 Å². The van der Waals surface area contributed by atoms with Crippen molar-refractivity contribution in [2.24, 2.45) is 0 Å². The summed E-state index contributed by atoms with van der Waals surface area (Å²) in [6, 6.07) is 11.4. The zero-order valence-electron chi connectivity index (χ0n) is 9.96. The molecule has 0 fully saturated rings. The van der Waals surface area contributed by atoms with E-state index in [9.17, 15) is 5.11 Å². The molecule has 88 valence electrons. The first-order valence-electron chi connectivity index (χ1n) is 5.74. The molecule has 0 bridgehead atoms. The quantitative estimate of drug-likeness (QED) is 0.705. The van der Waals surface area contributed by atoms with Gasteiger partial charge >= 0.3 is 0 Å². The highest BCUT2D eigenvalue weighted by atomic mass is 16.3. The summed E-state index contributed by atoms with van der Waals surface area (Å²) in [6.45, 7) is 1.87.